The van der Waals surface area contributed by atoms with Crippen LogP contribution in [-0.2, 0) is 11.3 Å². The Bertz CT molecular complexity index is 752. The van der Waals surface area contributed by atoms with Gasteiger partial charge in [-0.15, -0.1) is 0 Å². The van der Waals surface area contributed by atoms with Gasteiger partial charge >= 0.3 is 0 Å². The minimum Gasteiger partial charge on any atom is -0.497 e. The van der Waals surface area contributed by atoms with Crippen molar-refractivity contribution in [3.63, 3.8) is 0 Å². The number of likely N-dealkylation sites (tertiary alicyclic amines) is 1. The van der Waals surface area contributed by atoms with Crippen LogP contribution in [0.4, 0.5) is 5.69 Å². The standard InChI is InChI=1S/C24H32N2O2/c1-19(2)16-24(27)26(21-9-5-4-6-10-21)22-12-14-25(15-13-22)18-20-8-7-11-23(17-20)28-3/h4-11,17,19,22H,12-16,18H2,1-3H3. The lowest BCUT2D eigenvalue weighted by Crippen LogP contribution is -2.47. The predicted molar refractivity (Wildman–Crippen MR) is 115 cm³/mol. The second-order valence-electron chi connectivity index (χ2n) is 8.06. The van der Waals surface area contributed by atoms with E-state index in [9.17, 15) is 4.79 Å². The van der Waals surface area contributed by atoms with Crippen LogP contribution in [0.5, 0.6) is 5.75 Å². The molecule has 28 heavy (non-hydrogen) atoms. The number of methoxy groups -OCH3 is 1. The van der Waals surface area contributed by atoms with E-state index in [1.165, 1.54) is 5.56 Å². The molecule has 150 valence electrons. The Balaban J connectivity index is 1.65. The molecule has 4 nitrogen and oxygen atoms in total. The molecule has 4 heteroatoms. The molecular formula is C24H32N2O2. The molecule has 0 radical (unpaired) electrons. The molecule has 3 rings (SSSR count). The van der Waals surface area contributed by atoms with Crippen LogP contribution in [-0.4, -0.2) is 37.0 Å². The molecule has 0 bridgehead atoms. The van der Waals surface area contributed by atoms with Crippen molar-refractivity contribution in [3.8, 4) is 5.75 Å². The first-order chi connectivity index (χ1) is 13.6. The molecular weight excluding hydrogens is 348 g/mol. The number of hydrogen-bond acceptors (Lipinski definition) is 3. The zero-order chi connectivity index (χ0) is 19.9. The van der Waals surface area contributed by atoms with Gasteiger partial charge in [-0.05, 0) is 48.6 Å². The van der Waals surface area contributed by atoms with E-state index in [0.717, 1.165) is 43.9 Å². The van der Waals surface area contributed by atoms with Gasteiger partial charge < -0.3 is 9.64 Å². The Morgan fingerprint density at radius 1 is 1.11 bits per heavy atom. The highest BCUT2D eigenvalue weighted by Gasteiger charge is 2.29. The third-order valence-corrected chi connectivity index (χ3v) is 5.35. The molecule has 1 aliphatic heterocycles. The lowest BCUT2D eigenvalue weighted by molar-refractivity contribution is -0.120. The number of para-hydroxylation sites is 1. The summed E-state index contributed by atoms with van der Waals surface area (Å²) in [5.74, 6) is 1.52. The van der Waals surface area contributed by atoms with Gasteiger partial charge in [-0.25, -0.2) is 0 Å². The van der Waals surface area contributed by atoms with Crippen molar-refractivity contribution in [2.75, 3.05) is 25.1 Å². The molecule has 1 fully saturated rings. The highest BCUT2D eigenvalue weighted by Crippen LogP contribution is 2.26. The Labute approximate surface area is 169 Å². The maximum Gasteiger partial charge on any atom is 0.227 e. The Kier molecular flexibility index (Phi) is 7.10. The van der Waals surface area contributed by atoms with E-state index in [1.807, 2.05) is 30.3 Å². The molecule has 2 aromatic carbocycles. The van der Waals surface area contributed by atoms with Gasteiger partial charge in [-0.2, -0.15) is 0 Å². The summed E-state index contributed by atoms with van der Waals surface area (Å²) in [6.07, 6.45) is 2.60. The number of nitrogens with zero attached hydrogens (tertiary/aromatic N) is 2. The lowest BCUT2D eigenvalue weighted by Gasteiger charge is -2.39. The predicted octanol–water partition coefficient (Wildman–Crippen LogP) is 4.74. The van der Waals surface area contributed by atoms with Crippen LogP contribution in [0, 0.1) is 5.92 Å². The van der Waals surface area contributed by atoms with Crippen LogP contribution in [0.2, 0.25) is 0 Å². The second kappa shape index (κ2) is 9.74. The number of carbonyl (C=O) groups excluding carboxylic acids is 1. The van der Waals surface area contributed by atoms with E-state index in [0.29, 0.717) is 12.3 Å². The molecule has 0 aliphatic carbocycles. The fraction of sp³-hybridized carbons (Fsp3) is 0.458. The van der Waals surface area contributed by atoms with Crippen molar-refractivity contribution in [2.24, 2.45) is 5.92 Å². The minimum atomic E-state index is 0.243. The molecule has 0 atom stereocenters. The van der Waals surface area contributed by atoms with Crippen molar-refractivity contribution in [2.45, 2.75) is 45.7 Å². The number of amides is 1. The fourth-order valence-corrected chi connectivity index (χ4v) is 3.96. The van der Waals surface area contributed by atoms with E-state index in [1.54, 1.807) is 7.11 Å². The van der Waals surface area contributed by atoms with Gasteiger partial charge in [-0.1, -0.05) is 44.2 Å². The molecule has 1 saturated heterocycles. The average Bonchev–Trinajstić information content (AvgIpc) is 2.70. The van der Waals surface area contributed by atoms with Crippen LogP contribution in [0.15, 0.2) is 54.6 Å². The number of hydrogen-bond donors (Lipinski definition) is 0. The first-order valence-electron chi connectivity index (χ1n) is 10.3. The molecule has 0 N–H and O–H groups in total. The number of carbonyl (C=O) groups is 1. The number of anilines is 1. The number of ether oxygens (including phenoxy) is 1. The summed E-state index contributed by atoms with van der Waals surface area (Å²) >= 11 is 0. The van der Waals surface area contributed by atoms with E-state index < -0.39 is 0 Å². The van der Waals surface area contributed by atoms with E-state index >= 15 is 0 Å². The first-order valence-corrected chi connectivity index (χ1v) is 10.3. The van der Waals surface area contributed by atoms with Gasteiger partial charge in [0.25, 0.3) is 0 Å². The first kappa shape index (κ1) is 20.4. The summed E-state index contributed by atoms with van der Waals surface area (Å²) in [6.45, 7) is 7.14. The monoisotopic (exact) mass is 380 g/mol. The minimum absolute atomic E-state index is 0.243. The SMILES string of the molecule is COc1cccc(CN2CCC(N(C(=O)CC(C)C)c3ccccc3)CC2)c1. The molecule has 0 aromatic heterocycles. The number of piperidine rings is 1. The van der Waals surface area contributed by atoms with Crippen LogP contribution in [0.3, 0.4) is 0 Å². The summed E-state index contributed by atoms with van der Waals surface area (Å²) in [6, 6.07) is 18.7. The molecule has 0 spiro atoms. The van der Waals surface area contributed by atoms with Crippen molar-refractivity contribution < 1.29 is 9.53 Å². The maximum atomic E-state index is 13.0. The zero-order valence-electron chi connectivity index (χ0n) is 17.3. The van der Waals surface area contributed by atoms with Gasteiger partial charge in [0.15, 0.2) is 0 Å². The van der Waals surface area contributed by atoms with Crippen molar-refractivity contribution in [1.82, 2.24) is 4.90 Å². The molecule has 1 amide bonds. The topological polar surface area (TPSA) is 32.8 Å². The Morgan fingerprint density at radius 3 is 2.46 bits per heavy atom. The fourth-order valence-electron chi connectivity index (χ4n) is 3.96. The van der Waals surface area contributed by atoms with Crippen LogP contribution >= 0.6 is 0 Å². The maximum absolute atomic E-state index is 13.0. The zero-order valence-corrected chi connectivity index (χ0v) is 17.3. The molecule has 2 aromatic rings. The van der Waals surface area contributed by atoms with E-state index in [2.05, 4.69) is 47.9 Å². The average molecular weight is 381 g/mol. The summed E-state index contributed by atoms with van der Waals surface area (Å²) in [5, 5.41) is 0. The summed E-state index contributed by atoms with van der Waals surface area (Å²) < 4.78 is 5.34. The van der Waals surface area contributed by atoms with Crippen molar-refractivity contribution in [3.05, 3.63) is 60.2 Å². The molecule has 0 unspecified atom stereocenters. The van der Waals surface area contributed by atoms with Crippen molar-refractivity contribution in [1.29, 1.82) is 0 Å². The summed E-state index contributed by atoms with van der Waals surface area (Å²) in [5.41, 5.74) is 2.30. The third kappa shape index (κ3) is 5.35. The Morgan fingerprint density at radius 2 is 1.82 bits per heavy atom. The van der Waals surface area contributed by atoms with Gasteiger partial charge in [0.1, 0.15) is 5.75 Å². The lowest BCUT2D eigenvalue weighted by atomic mass is 9.99. The van der Waals surface area contributed by atoms with Gasteiger partial charge in [0.05, 0.1) is 7.11 Å². The van der Waals surface area contributed by atoms with Crippen LogP contribution < -0.4 is 9.64 Å². The van der Waals surface area contributed by atoms with E-state index in [4.69, 9.17) is 4.74 Å². The van der Waals surface area contributed by atoms with Crippen LogP contribution in [0.1, 0.15) is 38.7 Å². The van der Waals surface area contributed by atoms with Gasteiger partial charge in [0, 0.05) is 37.8 Å². The highest BCUT2D eigenvalue weighted by molar-refractivity contribution is 5.94. The van der Waals surface area contributed by atoms with Crippen LogP contribution in [0.25, 0.3) is 0 Å². The Hall–Kier alpha value is -2.33. The number of rotatable bonds is 7. The normalized spacial score (nSPS) is 15.6. The van der Waals surface area contributed by atoms with Gasteiger partial charge in [-0.3, -0.25) is 9.69 Å². The smallest absolute Gasteiger partial charge is 0.227 e. The number of benzene rings is 2. The quantitative estimate of drug-likeness (QED) is 0.696. The second-order valence-corrected chi connectivity index (χ2v) is 8.06. The largest absolute Gasteiger partial charge is 0.497 e. The summed E-state index contributed by atoms with van der Waals surface area (Å²) in [7, 11) is 1.71. The molecule has 1 heterocycles. The van der Waals surface area contributed by atoms with E-state index in [-0.39, 0.29) is 11.9 Å². The van der Waals surface area contributed by atoms with Gasteiger partial charge in [0.2, 0.25) is 5.91 Å². The molecule has 0 saturated carbocycles. The third-order valence-electron chi connectivity index (χ3n) is 5.35. The van der Waals surface area contributed by atoms with Crippen molar-refractivity contribution >= 4 is 11.6 Å². The summed E-state index contributed by atoms with van der Waals surface area (Å²) in [4.78, 5) is 17.5. The molecule has 1 aliphatic rings. The highest BCUT2D eigenvalue weighted by atomic mass is 16.5.